The Hall–Kier alpha value is -1.06. The highest BCUT2D eigenvalue weighted by atomic mass is 35.5. The quantitative estimate of drug-likeness (QED) is 0.881. The number of fused-ring (bicyclic) bond motifs is 1. The van der Waals surface area contributed by atoms with Crippen LogP contribution in [0.3, 0.4) is 0 Å². The van der Waals surface area contributed by atoms with E-state index in [1.165, 1.54) is 11.1 Å². The highest BCUT2D eigenvalue weighted by Crippen LogP contribution is 2.35. The Balaban J connectivity index is 0.00000161. The lowest BCUT2D eigenvalue weighted by Gasteiger charge is -2.35. The smallest absolute Gasteiger partial charge is 0.226 e. The minimum Gasteiger partial charge on any atom is -0.352 e. The van der Waals surface area contributed by atoms with E-state index in [2.05, 4.69) is 41.8 Å². The third-order valence-corrected chi connectivity index (χ3v) is 4.83. The van der Waals surface area contributed by atoms with Crippen molar-refractivity contribution in [2.45, 2.75) is 45.1 Å². The van der Waals surface area contributed by atoms with Gasteiger partial charge in [0.2, 0.25) is 5.91 Å². The van der Waals surface area contributed by atoms with E-state index in [1.54, 1.807) is 0 Å². The minimum absolute atomic E-state index is 0. The van der Waals surface area contributed by atoms with Gasteiger partial charge in [-0.05, 0) is 49.8 Å². The van der Waals surface area contributed by atoms with Crippen molar-refractivity contribution in [1.29, 1.82) is 0 Å². The maximum atomic E-state index is 12.7. The van der Waals surface area contributed by atoms with Gasteiger partial charge in [-0.1, -0.05) is 31.2 Å². The second-order valence-corrected chi connectivity index (χ2v) is 6.52. The topological polar surface area (TPSA) is 41.1 Å². The van der Waals surface area contributed by atoms with Gasteiger partial charge in [-0.2, -0.15) is 0 Å². The summed E-state index contributed by atoms with van der Waals surface area (Å²) in [7, 11) is 0. The van der Waals surface area contributed by atoms with Gasteiger partial charge in [-0.15, -0.1) is 12.4 Å². The molecule has 116 valence electrons. The number of hydrogen-bond donors (Lipinski definition) is 2. The molecule has 1 amide bonds. The first-order valence-electron chi connectivity index (χ1n) is 7.76. The van der Waals surface area contributed by atoms with Crippen molar-refractivity contribution in [2.24, 2.45) is 5.41 Å². The zero-order valence-electron chi connectivity index (χ0n) is 12.7. The van der Waals surface area contributed by atoms with E-state index in [0.29, 0.717) is 6.04 Å². The highest BCUT2D eigenvalue weighted by molar-refractivity contribution is 5.85. The van der Waals surface area contributed by atoms with Crippen molar-refractivity contribution in [3.8, 4) is 0 Å². The maximum Gasteiger partial charge on any atom is 0.226 e. The molecule has 1 aliphatic carbocycles. The first kappa shape index (κ1) is 16.3. The molecule has 3 rings (SSSR count). The number of carbonyl (C=O) groups is 1. The first-order valence-corrected chi connectivity index (χ1v) is 7.76. The number of hydrogen-bond acceptors (Lipinski definition) is 2. The van der Waals surface area contributed by atoms with Gasteiger partial charge in [0.05, 0.1) is 5.41 Å². The van der Waals surface area contributed by atoms with Crippen molar-refractivity contribution in [3.05, 3.63) is 35.4 Å². The molecule has 0 spiro atoms. The van der Waals surface area contributed by atoms with Crippen LogP contribution < -0.4 is 10.6 Å². The van der Waals surface area contributed by atoms with Crippen molar-refractivity contribution in [3.63, 3.8) is 0 Å². The Morgan fingerprint density at radius 3 is 2.81 bits per heavy atom. The standard InChI is InChI=1S/C17H24N2O.ClH/c1-17(16(20)19-15-7-4-10-18-12-15)9-8-13-5-2-3-6-14(13)11-17;/h2-3,5-6,15,18H,4,7-12H2,1H3,(H,19,20);1H/t15-,17?;/m0./s1. The number of aryl methyl sites for hydroxylation is 1. The first-order chi connectivity index (χ1) is 9.67. The molecule has 1 fully saturated rings. The van der Waals surface area contributed by atoms with E-state index < -0.39 is 0 Å². The second-order valence-electron chi connectivity index (χ2n) is 6.52. The highest BCUT2D eigenvalue weighted by Gasteiger charge is 2.37. The van der Waals surface area contributed by atoms with E-state index in [-0.39, 0.29) is 23.7 Å². The zero-order chi connectivity index (χ0) is 14.0. The van der Waals surface area contributed by atoms with Crippen LogP contribution in [0.4, 0.5) is 0 Å². The summed E-state index contributed by atoms with van der Waals surface area (Å²) in [5.74, 6) is 0.237. The van der Waals surface area contributed by atoms with E-state index in [4.69, 9.17) is 0 Å². The van der Waals surface area contributed by atoms with Gasteiger partial charge in [0, 0.05) is 12.6 Å². The van der Waals surface area contributed by atoms with Crippen molar-refractivity contribution in [2.75, 3.05) is 13.1 Å². The molecule has 1 saturated heterocycles. The second kappa shape index (κ2) is 6.80. The predicted octanol–water partition coefficient (Wildman–Crippen LogP) is 2.47. The summed E-state index contributed by atoms with van der Waals surface area (Å²) in [6.07, 6.45) is 5.10. The Morgan fingerprint density at radius 1 is 1.33 bits per heavy atom. The molecule has 4 heteroatoms. The fourth-order valence-corrected chi connectivity index (χ4v) is 3.42. The van der Waals surface area contributed by atoms with Crippen LogP contribution in [-0.4, -0.2) is 25.0 Å². The van der Waals surface area contributed by atoms with E-state index in [0.717, 1.165) is 45.2 Å². The number of benzene rings is 1. The summed E-state index contributed by atoms with van der Waals surface area (Å²) in [6, 6.07) is 8.84. The van der Waals surface area contributed by atoms with Gasteiger partial charge < -0.3 is 10.6 Å². The van der Waals surface area contributed by atoms with Crippen molar-refractivity contribution >= 4 is 18.3 Å². The number of nitrogens with one attached hydrogen (secondary N) is 2. The van der Waals surface area contributed by atoms with Gasteiger partial charge >= 0.3 is 0 Å². The third kappa shape index (κ3) is 3.58. The van der Waals surface area contributed by atoms with Crippen LogP contribution in [-0.2, 0) is 17.6 Å². The number of halogens is 1. The van der Waals surface area contributed by atoms with E-state index >= 15 is 0 Å². The summed E-state index contributed by atoms with van der Waals surface area (Å²) in [5, 5.41) is 6.62. The molecular formula is C17H25ClN2O. The molecule has 21 heavy (non-hydrogen) atoms. The Morgan fingerprint density at radius 2 is 2.10 bits per heavy atom. The van der Waals surface area contributed by atoms with Crippen LogP contribution in [0.2, 0.25) is 0 Å². The molecule has 1 aromatic rings. The number of carbonyl (C=O) groups excluding carboxylic acids is 1. The normalized spacial score (nSPS) is 28.1. The van der Waals surface area contributed by atoms with Gasteiger partial charge in [-0.25, -0.2) is 0 Å². The lowest BCUT2D eigenvalue weighted by molar-refractivity contribution is -0.131. The summed E-state index contributed by atoms with van der Waals surface area (Å²) in [6.45, 7) is 4.12. The molecule has 3 nitrogen and oxygen atoms in total. The Bertz CT molecular complexity index is 499. The summed E-state index contributed by atoms with van der Waals surface area (Å²) in [4.78, 5) is 12.7. The molecule has 1 aromatic carbocycles. The summed E-state index contributed by atoms with van der Waals surface area (Å²) in [5.41, 5.74) is 2.52. The zero-order valence-corrected chi connectivity index (χ0v) is 13.5. The van der Waals surface area contributed by atoms with Crippen LogP contribution in [0.5, 0.6) is 0 Å². The number of amides is 1. The minimum atomic E-state index is -0.244. The van der Waals surface area contributed by atoms with Gasteiger partial charge in [-0.3, -0.25) is 4.79 Å². The maximum absolute atomic E-state index is 12.7. The molecule has 2 N–H and O–H groups in total. The molecule has 2 aliphatic rings. The fraction of sp³-hybridized carbons (Fsp3) is 0.588. The molecule has 0 aromatic heterocycles. The molecule has 0 saturated carbocycles. The van der Waals surface area contributed by atoms with Crippen LogP contribution in [0.25, 0.3) is 0 Å². The SMILES string of the molecule is CC1(C(=O)N[C@H]2CCCNC2)CCc2ccccc2C1.Cl. The lowest BCUT2D eigenvalue weighted by Crippen LogP contribution is -2.51. The van der Waals surface area contributed by atoms with E-state index in [9.17, 15) is 4.79 Å². The van der Waals surface area contributed by atoms with Crippen LogP contribution in [0.15, 0.2) is 24.3 Å². The number of rotatable bonds is 2. The number of piperidine rings is 1. The van der Waals surface area contributed by atoms with Crippen LogP contribution in [0.1, 0.15) is 37.3 Å². The average molecular weight is 309 g/mol. The van der Waals surface area contributed by atoms with Crippen LogP contribution in [0, 0.1) is 5.41 Å². The molecule has 2 atom stereocenters. The molecule has 1 unspecified atom stereocenters. The van der Waals surface area contributed by atoms with Gasteiger partial charge in [0.25, 0.3) is 0 Å². The largest absolute Gasteiger partial charge is 0.352 e. The van der Waals surface area contributed by atoms with Crippen molar-refractivity contribution in [1.82, 2.24) is 10.6 Å². The predicted molar refractivity (Wildman–Crippen MR) is 87.9 cm³/mol. The van der Waals surface area contributed by atoms with Gasteiger partial charge in [0.15, 0.2) is 0 Å². The van der Waals surface area contributed by atoms with Gasteiger partial charge in [0.1, 0.15) is 0 Å². The fourth-order valence-electron chi connectivity index (χ4n) is 3.42. The van der Waals surface area contributed by atoms with E-state index in [1.807, 2.05) is 0 Å². The average Bonchev–Trinajstić information content (AvgIpc) is 2.48. The molecular weight excluding hydrogens is 284 g/mol. The molecule has 1 aliphatic heterocycles. The Labute approximate surface area is 133 Å². The molecule has 1 heterocycles. The summed E-state index contributed by atoms with van der Waals surface area (Å²) < 4.78 is 0. The third-order valence-electron chi connectivity index (χ3n) is 4.83. The van der Waals surface area contributed by atoms with Crippen molar-refractivity contribution < 1.29 is 4.79 Å². The van der Waals surface area contributed by atoms with Crippen LogP contribution >= 0.6 is 12.4 Å². The lowest BCUT2D eigenvalue weighted by atomic mass is 9.72. The monoisotopic (exact) mass is 308 g/mol. The molecule has 0 radical (unpaired) electrons. The summed E-state index contributed by atoms with van der Waals surface area (Å²) >= 11 is 0. The molecule has 0 bridgehead atoms. The Kier molecular flexibility index (Phi) is 5.28.